The van der Waals surface area contributed by atoms with Gasteiger partial charge in [-0.05, 0) is 6.42 Å². The van der Waals surface area contributed by atoms with Crippen LogP contribution in [-0.2, 0) is 0 Å². The Labute approximate surface area is 48.7 Å². The Morgan fingerprint density at radius 2 is 2.14 bits per heavy atom. The summed E-state index contributed by atoms with van der Waals surface area (Å²) in [5, 5.41) is 8.05. The van der Waals surface area contributed by atoms with Crippen molar-refractivity contribution in [2.75, 3.05) is 0 Å². The molecule has 0 radical (unpaired) electrons. The number of rotatable bonds is 0. The van der Waals surface area contributed by atoms with Crippen molar-refractivity contribution in [3.63, 3.8) is 0 Å². The number of nitrogens with zero attached hydrogens (tertiary/aromatic N) is 1. The Bertz CT molecular complexity index is 96.4. The van der Waals surface area contributed by atoms with E-state index >= 15 is 0 Å². The highest BCUT2D eigenvalue weighted by molar-refractivity contribution is 5.85. The Hall–Kier alpha value is -0.260. The summed E-state index contributed by atoms with van der Waals surface area (Å²) in [5.74, 6) is 0.185. The lowest BCUT2D eigenvalue weighted by Crippen LogP contribution is -1.99. The largest absolute Gasteiger partial charge is 0.326 e. The molecule has 0 aromatic rings. The van der Waals surface area contributed by atoms with Crippen LogP contribution in [0, 0.1) is 17.2 Å². The topological polar surface area (TPSA) is 49.8 Å². The molecule has 1 rings (SSSR count). The minimum Gasteiger partial charge on any atom is -0.326 e. The summed E-state index contributed by atoms with van der Waals surface area (Å²) < 4.78 is 0. The van der Waals surface area contributed by atoms with E-state index in [0.717, 1.165) is 6.42 Å². The molecule has 1 aliphatic rings. The molecular weight excluding hydrogens is 112 g/mol. The fourth-order valence-electron chi connectivity index (χ4n) is 0.363. The van der Waals surface area contributed by atoms with E-state index in [-0.39, 0.29) is 24.4 Å². The van der Waals surface area contributed by atoms with Crippen molar-refractivity contribution >= 4 is 12.4 Å². The van der Waals surface area contributed by atoms with Crippen molar-refractivity contribution in [3.8, 4) is 6.07 Å². The summed E-state index contributed by atoms with van der Waals surface area (Å²) in [7, 11) is 0. The van der Waals surface area contributed by atoms with Crippen LogP contribution in [0.15, 0.2) is 0 Å². The molecule has 0 aliphatic heterocycles. The zero-order chi connectivity index (χ0) is 4.57. The van der Waals surface area contributed by atoms with Crippen LogP contribution in [0.5, 0.6) is 0 Å². The Balaban J connectivity index is 0.000000360. The first-order valence-corrected chi connectivity index (χ1v) is 2.00. The molecule has 0 unspecified atom stereocenters. The van der Waals surface area contributed by atoms with E-state index in [9.17, 15) is 0 Å². The summed E-state index contributed by atoms with van der Waals surface area (Å²) >= 11 is 0. The van der Waals surface area contributed by atoms with Gasteiger partial charge in [0, 0.05) is 6.04 Å². The molecule has 40 valence electrons. The molecule has 7 heavy (non-hydrogen) atoms. The van der Waals surface area contributed by atoms with Crippen molar-refractivity contribution in [2.45, 2.75) is 12.5 Å². The van der Waals surface area contributed by atoms with E-state index < -0.39 is 0 Å². The van der Waals surface area contributed by atoms with Crippen molar-refractivity contribution in [2.24, 2.45) is 11.7 Å². The van der Waals surface area contributed by atoms with Crippen LogP contribution in [0.25, 0.3) is 0 Å². The molecule has 1 fully saturated rings. The predicted octanol–water partition coefficient (Wildman–Crippen LogP) is 0.279. The maximum absolute atomic E-state index is 8.05. The quantitative estimate of drug-likeness (QED) is 0.497. The maximum atomic E-state index is 8.05. The molecule has 0 heterocycles. The standard InChI is InChI=1S/C4H6N2.ClH/c5-2-3-1-4(3)6;/h3-4H,1,6H2;1H/t3-,4+;/m0./s1. The van der Waals surface area contributed by atoms with Crippen molar-refractivity contribution in [3.05, 3.63) is 0 Å². The molecule has 0 aromatic carbocycles. The molecule has 1 saturated carbocycles. The van der Waals surface area contributed by atoms with Gasteiger partial charge in [0.25, 0.3) is 0 Å². The van der Waals surface area contributed by atoms with E-state index in [1.807, 2.05) is 0 Å². The minimum absolute atomic E-state index is 0. The molecule has 1 aliphatic carbocycles. The third-order valence-corrected chi connectivity index (χ3v) is 1.01. The number of nitrogens with two attached hydrogens (primary N) is 1. The van der Waals surface area contributed by atoms with Gasteiger partial charge in [-0.1, -0.05) is 0 Å². The van der Waals surface area contributed by atoms with Crippen LogP contribution in [0.2, 0.25) is 0 Å². The number of hydrogen-bond donors (Lipinski definition) is 1. The average Bonchev–Trinajstić information content (AvgIpc) is 2.19. The Kier molecular flexibility index (Phi) is 2.07. The first kappa shape index (κ1) is 6.74. The lowest BCUT2D eigenvalue weighted by atomic mass is 10.5. The van der Waals surface area contributed by atoms with Crippen LogP contribution in [-0.4, -0.2) is 6.04 Å². The third-order valence-electron chi connectivity index (χ3n) is 1.01. The van der Waals surface area contributed by atoms with E-state index in [0.29, 0.717) is 0 Å². The molecular formula is C4H7ClN2. The van der Waals surface area contributed by atoms with E-state index in [1.54, 1.807) is 0 Å². The molecule has 2 N–H and O–H groups in total. The summed E-state index contributed by atoms with van der Waals surface area (Å²) in [4.78, 5) is 0. The van der Waals surface area contributed by atoms with Crippen LogP contribution in [0.4, 0.5) is 0 Å². The zero-order valence-electron chi connectivity index (χ0n) is 3.79. The highest BCUT2D eigenvalue weighted by Crippen LogP contribution is 2.25. The number of halogens is 1. The summed E-state index contributed by atoms with van der Waals surface area (Å²) in [6.07, 6.45) is 0.913. The normalized spacial score (nSPS) is 35.4. The van der Waals surface area contributed by atoms with Gasteiger partial charge in [-0.25, -0.2) is 0 Å². The van der Waals surface area contributed by atoms with Crippen molar-refractivity contribution < 1.29 is 0 Å². The van der Waals surface area contributed by atoms with Crippen LogP contribution >= 0.6 is 12.4 Å². The fourth-order valence-corrected chi connectivity index (χ4v) is 0.363. The lowest BCUT2D eigenvalue weighted by molar-refractivity contribution is 0.985. The van der Waals surface area contributed by atoms with Crippen molar-refractivity contribution in [1.82, 2.24) is 0 Å². The summed E-state index contributed by atoms with van der Waals surface area (Å²) in [5.41, 5.74) is 5.25. The molecule has 0 amide bonds. The molecule has 3 heteroatoms. The zero-order valence-corrected chi connectivity index (χ0v) is 4.61. The van der Waals surface area contributed by atoms with Gasteiger partial charge in [-0.2, -0.15) is 5.26 Å². The maximum Gasteiger partial charge on any atom is 0.0672 e. The van der Waals surface area contributed by atoms with Gasteiger partial charge < -0.3 is 5.73 Å². The van der Waals surface area contributed by atoms with E-state index in [4.69, 9.17) is 11.0 Å². The average molecular weight is 119 g/mol. The van der Waals surface area contributed by atoms with Gasteiger partial charge in [-0.3, -0.25) is 0 Å². The summed E-state index contributed by atoms with van der Waals surface area (Å²) in [6.45, 7) is 0. The molecule has 2 nitrogen and oxygen atoms in total. The monoisotopic (exact) mass is 118 g/mol. The van der Waals surface area contributed by atoms with Gasteiger partial charge in [0.05, 0.1) is 12.0 Å². The first-order chi connectivity index (χ1) is 2.84. The van der Waals surface area contributed by atoms with Gasteiger partial charge in [-0.15, -0.1) is 12.4 Å². The van der Waals surface area contributed by atoms with Crippen LogP contribution in [0.3, 0.4) is 0 Å². The summed E-state index contributed by atoms with van der Waals surface area (Å²) in [6, 6.07) is 2.27. The Morgan fingerprint density at radius 1 is 1.71 bits per heavy atom. The molecule has 0 spiro atoms. The number of hydrogen-bond acceptors (Lipinski definition) is 2. The third kappa shape index (κ3) is 1.34. The van der Waals surface area contributed by atoms with E-state index in [2.05, 4.69) is 6.07 Å². The Morgan fingerprint density at radius 3 is 2.14 bits per heavy atom. The molecule has 2 atom stereocenters. The van der Waals surface area contributed by atoms with Gasteiger partial charge in [0.15, 0.2) is 0 Å². The van der Waals surface area contributed by atoms with Crippen molar-refractivity contribution in [1.29, 1.82) is 5.26 Å². The smallest absolute Gasteiger partial charge is 0.0672 e. The van der Waals surface area contributed by atoms with Gasteiger partial charge in [0.1, 0.15) is 0 Å². The second kappa shape index (κ2) is 2.15. The minimum atomic E-state index is 0. The predicted molar refractivity (Wildman–Crippen MR) is 28.9 cm³/mol. The molecule has 0 saturated heterocycles. The highest BCUT2D eigenvalue weighted by atomic mass is 35.5. The number of nitriles is 1. The molecule has 0 bridgehead atoms. The second-order valence-electron chi connectivity index (χ2n) is 1.64. The molecule has 0 aromatic heterocycles. The van der Waals surface area contributed by atoms with E-state index in [1.165, 1.54) is 0 Å². The SMILES string of the molecule is Cl.N#C[C@@H]1C[C@H]1N. The van der Waals surface area contributed by atoms with Gasteiger partial charge >= 0.3 is 0 Å². The second-order valence-corrected chi connectivity index (χ2v) is 1.64. The highest BCUT2D eigenvalue weighted by Gasteiger charge is 2.32. The fraction of sp³-hybridized carbons (Fsp3) is 0.750. The first-order valence-electron chi connectivity index (χ1n) is 2.00. The van der Waals surface area contributed by atoms with Crippen LogP contribution < -0.4 is 5.73 Å². The van der Waals surface area contributed by atoms with Crippen LogP contribution in [0.1, 0.15) is 6.42 Å². The van der Waals surface area contributed by atoms with Gasteiger partial charge in [0.2, 0.25) is 0 Å². The lowest BCUT2D eigenvalue weighted by Gasteiger charge is -1.67.